The fourth-order valence-electron chi connectivity index (χ4n) is 3.81. The second-order valence-corrected chi connectivity index (χ2v) is 6.69. The predicted molar refractivity (Wildman–Crippen MR) is 106 cm³/mol. The smallest absolute Gasteiger partial charge is 0.209 e. The largest absolute Gasteiger partial charge is 0.502 e. The van der Waals surface area contributed by atoms with Gasteiger partial charge in [-0.05, 0) is 43.7 Å². The summed E-state index contributed by atoms with van der Waals surface area (Å²) in [5, 5.41) is 13.6. The molecule has 144 valence electrons. The number of imidazole rings is 1. The Hall–Kier alpha value is -3.48. The van der Waals surface area contributed by atoms with Gasteiger partial charge in [-0.15, -0.1) is 0 Å². The standard InChI is InChI=1S/C21H21N3O4/c1-11-18(12(2)25)19(13-9-16(27-3)20(26)17(10-13)28-4)24-15-8-6-5-7-14(15)23-21(24)22-11/h5-10,19,26H,1-4H3,(H,22,23)/t19-/m1/s1. The maximum absolute atomic E-state index is 12.6. The molecule has 0 unspecified atom stereocenters. The number of para-hydroxylation sites is 2. The summed E-state index contributed by atoms with van der Waals surface area (Å²) in [6.45, 7) is 3.41. The van der Waals surface area contributed by atoms with Gasteiger partial charge in [-0.3, -0.25) is 9.36 Å². The number of ketones is 1. The van der Waals surface area contributed by atoms with Crippen LogP contribution in [0.25, 0.3) is 11.0 Å². The zero-order chi connectivity index (χ0) is 20.0. The van der Waals surface area contributed by atoms with Crippen molar-refractivity contribution < 1.29 is 19.4 Å². The molecule has 0 saturated heterocycles. The van der Waals surface area contributed by atoms with Crippen LogP contribution in [0.2, 0.25) is 0 Å². The van der Waals surface area contributed by atoms with Crippen molar-refractivity contribution in [3.8, 4) is 17.2 Å². The van der Waals surface area contributed by atoms with Gasteiger partial charge in [0.1, 0.15) is 0 Å². The molecule has 7 heteroatoms. The molecule has 0 radical (unpaired) electrons. The number of allylic oxidation sites excluding steroid dienone is 2. The van der Waals surface area contributed by atoms with Gasteiger partial charge in [-0.1, -0.05) is 12.1 Å². The molecule has 7 nitrogen and oxygen atoms in total. The molecule has 0 saturated carbocycles. The average Bonchev–Trinajstić information content (AvgIpc) is 3.04. The maximum Gasteiger partial charge on any atom is 0.209 e. The molecular formula is C21H21N3O4. The molecule has 1 aliphatic rings. The first kappa shape index (κ1) is 17.9. The minimum Gasteiger partial charge on any atom is -0.502 e. The first-order valence-electron chi connectivity index (χ1n) is 8.86. The maximum atomic E-state index is 12.6. The highest BCUT2D eigenvalue weighted by Gasteiger charge is 2.33. The van der Waals surface area contributed by atoms with Crippen LogP contribution in [0, 0.1) is 0 Å². The molecule has 0 fully saturated rings. The number of hydrogen-bond donors (Lipinski definition) is 2. The van der Waals surface area contributed by atoms with E-state index in [1.54, 1.807) is 19.1 Å². The summed E-state index contributed by atoms with van der Waals surface area (Å²) in [5.74, 6) is 1.08. The van der Waals surface area contributed by atoms with E-state index in [4.69, 9.17) is 9.47 Å². The number of phenols is 1. The second kappa shape index (κ2) is 6.60. The third-order valence-electron chi connectivity index (χ3n) is 5.03. The Balaban J connectivity index is 2.05. The van der Waals surface area contributed by atoms with Gasteiger partial charge in [0.15, 0.2) is 17.3 Å². The Bertz CT molecular complexity index is 1100. The first-order chi connectivity index (χ1) is 13.5. The van der Waals surface area contributed by atoms with Crippen LogP contribution < -0.4 is 14.8 Å². The summed E-state index contributed by atoms with van der Waals surface area (Å²) in [5.41, 5.74) is 3.83. The van der Waals surface area contributed by atoms with Crippen molar-refractivity contribution in [2.24, 2.45) is 0 Å². The number of benzene rings is 2. The van der Waals surface area contributed by atoms with Crippen LogP contribution in [0.1, 0.15) is 25.5 Å². The summed E-state index contributed by atoms with van der Waals surface area (Å²) in [6.07, 6.45) is 0. The monoisotopic (exact) mass is 379 g/mol. The van der Waals surface area contributed by atoms with Crippen molar-refractivity contribution in [1.29, 1.82) is 0 Å². The van der Waals surface area contributed by atoms with E-state index < -0.39 is 6.04 Å². The van der Waals surface area contributed by atoms with Crippen LogP contribution in [0.4, 0.5) is 5.95 Å². The van der Waals surface area contributed by atoms with Gasteiger partial charge in [0.2, 0.25) is 11.7 Å². The normalized spacial score (nSPS) is 15.9. The molecule has 0 spiro atoms. The number of hydrogen-bond acceptors (Lipinski definition) is 6. The Morgan fingerprint density at radius 3 is 2.43 bits per heavy atom. The number of nitrogens with one attached hydrogen (secondary N) is 1. The minimum atomic E-state index is -0.440. The number of carbonyl (C=O) groups excluding carboxylic acids is 1. The van der Waals surface area contributed by atoms with Crippen molar-refractivity contribution in [1.82, 2.24) is 9.55 Å². The van der Waals surface area contributed by atoms with E-state index in [2.05, 4.69) is 10.3 Å². The number of nitrogens with zero attached hydrogens (tertiary/aromatic N) is 2. The number of phenolic OH excluding ortho intramolecular Hbond substituents is 1. The highest BCUT2D eigenvalue weighted by molar-refractivity contribution is 5.97. The molecule has 4 rings (SSSR count). The zero-order valence-electron chi connectivity index (χ0n) is 16.1. The number of fused-ring (bicyclic) bond motifs is 3. The van der Waals surface area contributed by atoms with Gasteiger partial charge in [-0.2, -0.15) is 0 Å². The summed E-state index contributed by atoms with van der Waals surface area (Å²) in [4.78, 5) is 17.3. The van der Waals surface area contributed by atoms with E-state index >= 15 is 0 Å². The number of aromatic hydroxyl groups is 1. The number of anilines is 1. The van der Waals surface area contributed by atoms with E-state index in [9.17, 15) is 9.90 Å². The molecule has 3 aromatic rings. The van der Waals surface area contributed by atoms with Crippen molar-refractivity contribution in [3.05, 3.63) is 53.2 Å². The molecule has 1 atom stereocenters. The highest BCUT2D eigenvalue weighted by Crippen LogP contribution is 2.44. The third-order valence-corrected chi connectivity index (χ3v) is 5.03. The van der Waals surface area contributed by atoms with Gasteiger partial charge in [0.25, 0.3) is 0 Å². The lowest BCUT2D eigenvalue weighted by Gasteiger charge is -2.30. The Labute approximate surface area is 162 Å². The van der Waals surface area contributed by atoms with E-state index in [-0.39, 0.29) is 23.0 Å². The first-order valence-corrected chi connectivity index (χ1v) is 8.86. The van der Waals surface area contributed by atoms with Crippen LogP contribution in [-0.2, 0) is 4.79 Å². The van der Waals surface area contributed by atoms with Gasteiger partial charge >= 0.3 is 0 Å². The number of rotatable bonds is 4. The SMILES string of the molecule is COc1cc([C@@H]2C(C(C)=O)=C(C)Nc3nc4ccccc4n32)cc(OC)c1O. The zero-order valence-corrected chi connectivity index (χ0v) is 16.1. The number of aromatic nitrogens is 2. The molecule has 2 aromatic carbocycles. The fraction of sp³-hybridized carbons (Fsp3) is 0.238. The summed E-state index contributed by atoms with van der Waals surface area (Å²) >= 11 is 0. The number of ether oxygens (including phenoxy) is 2. The number of carbonyl (C=O) groups is 1. The summed E-state index contributed by atoms with van der Waals surface area (Å²) in [6, 6.07) is 10.8. The lowest BCUT2D eigenvalue weighted by Crippen LogP contribution is -2.27. The van der Waals surface area contributed by atoms with Crippen molar-refractivity contribution in [3.63, 3.8) is 0 Å². The van der Waals surface area contributed by atoms with Crippen LogP contribution in [-0.4, -0.2) is 34.7 Å². The lowest BCUT2D eigenvalue weighted by atomic mass is 9.92. The quantitative estimate of drug-likeness (QED) is 0.720. The Kier molecular flexibility index (Phi) is 4.22. The summed E-state index contributed by atoms with van der Waals surface area (Å²) < 4.78 is 12.6. The van der Waals surface area contributed by atoms with Gasteiger partial charge in [-0.25, -0.2) is 4.98 Å². The molecule has 1 aliphatic heterocycles. The topological polar surface area (TPSA) is 85.6 Å². The van der Waals surface area contributed by atoms with Crippen molar-refractivity contribution in [2.45, 2.75) is 19.9 Å². The van der Waals surface area contributed by atoms with Crippen LogP contribution in [0.15, 0.2) is 47.7 Å². The third kappa shape index (κ3) is 2.58. The Morgan fingerprint density at radius 2 is 1.82 bits per heavy atom. The lowest BCUT2D eigenvalue weighted by molar-refractivity contribution is -0.114. The van der Waals surface area contributed by atoms with Crippen molar-refractivity contribution >= 4 is 22.8 Å². The molecule has 0 aliphatic carbocycles. The molecular weight excluding hydrogens is 358 g/mol. The highest BCUT2D eigenvalue weighted by atomic mass is 16.5. The second-order valence-electron chi connectivity index (χ2n) is 6.69. The van der Waals surface area contributed by atoms with E-state index in [1.807, 2.05) is 35.8 Å². The number of methoxy groups -OCH3 is 2. The average molecular weight is 379 g/mol. The molecule has 28 heavy (non-hydrogen) atoms. The van der Waals surface area contributed by atoms with E-state index in [0.717, 1.165) is 22.3 Å². The fourth-order valence-corrected chi connectivity index (χ4v) is 3.81. The van der Waals surface area contributed by atoms with E-state index in [0.29, 0.717) is 11.5 Å². The molecule has 2 N–H and O–H groups in total. The van der Waals surface area contributed by atoms with Gasteiger partial charge in [0.05, 0.1) is 31.3 Å². The van der Waals surface area contributed by atoms with E-state index in [1.165, 1.54) is 14.2 Å². The molecule has 0 bridgehead atoms. The van der Waals surface area contributed by atoms with Crippen molar-refractivity contribution in [2.75, 3.05) is 19.5 Å². The summed E-state index contributed by atoms with van der Waals surface area (Å²) in [7, 11) is 2.96. The molecule has 1 aromatic heterocycles. The van der Waals surface area contributed by atoms with Crippen LogP contribution in [0.5, 0.6) is 17.2 Å². The molecule has 2 heterocycles. The van der Waals surface area contributed by atoms with Gasteiger partial charge < -0.3 is 19.9 Å². The minimum absolute atomic E-state index is 0.0514. The van der Waals surface area contributed by atoms with Gasteiger partial charge in [0, 0.05) is 11.3 Å². The number of Topliss-reactive ketones (excluding diaryl/α,β-unsaturated/α-hetero) is 1. The Morgan fingerprint density at radius 1 is 1.18 bits per heavy atom. The molecule has 0 amide bonds. The predicted octanol–water partition coefficient (Wildman–Crippen LogP) is 3.64. The van der Waals surface area contributed by atoms with Crippen LogP contribution >= 0.6 is 0 Å². The van der Waals surface area contributed by atoms with Crippen LogP contribution in [0.3, 0.4) is 0 Å².